The van der Waals surface area contributed by atoms with Crippen LogP contribution in [0.5, 0.6) is 0 Å². The zero-order chi connectivity index (χ0) is 20.0. The predicted octanol–water partition coefficient (Wildman–Crippen LogP) is 2.45. The molecule has 2 N–H and O–H groups in total. The molecule has 1 amide bonds. The van der Waals surface area contributed by atoms with Gasteiger partial charge in [0, 0.05) is 43.5 Å². The average Bonchev–Trinajstić information content (AvgIpc) is 3.09. The van der Waals surface area contributed by atoms with E-state index in [0.29, 0.717) is 18.9 Å². The number of benzene rings is 1. The fourth-order valence-corrected chi connectivity index (χ4v) is 4.37. The van der Waals surface area contributed by atoms with E-state index in [1.165, 1.54) is 22.3 Å². The summed E-state index contributed by atoms with van der Waals surface area (Å²) in [5.41, 5.74) is 13.1. The van der Waals surface area contributed by atoms with Crippen LogP contribution in [0.1, 0.15) is 50.6 Å². The van der Waals surface area contributed by atoms with Gasteiger partial charge >= 0.3 is 0 Å². The van der Waals surface area contributed by atoms with E-state index in [4.69, 9.17) is 5.73 Å². The van der Waals surface area contributed by atoms with Crippen molar-refractivity contribution in [1.29, 1.82) is 0 Å². The molecule has 6 nitrogen and oxygen atoms in total. The summed E-state index contributed by atoms with van der Waals surface area (Å²) >= 11 is 0. The lowest BCUT2D eigenvalue weighted by molar-refractivity contribution is 0.0721. The van der Waals surface area contributed by atoms with E-state index in [9.17, 15) is 4.79 Å². The molecular formula is C22H29N5O. The highest BCUT2D eigenvalue weighted by Crippen LogP contribution is 2.27. The van der Waals surface area contributed by atoms with E-state index in [-0.39, 0.29) is 11.9 Å². The fraction of sp³-hybridized carbons (Fsp3) is 0.500. The average molecular weight is 380 g/mol. The Morgan fingerprint density at radius 1 is 1.14 bits per heavy atom. The molecule has 28 heavy (non-hydrogen) atoms. The number of hydrogen-bond acceptors (Lipinski definition) is 5. The van der Waals surface area contributed by atoms with Gasteiger partial charge in [-0.3, -0.25) is 4.79 Å². The van der Waals surface area contributed by atoms with Gasteiger partial charge in [-0.1, -0.05) is 17.7 Å². The van der Waals surface area contributed by atoms with Crippen molar-refractivity contribution in [1.82, 2.24) is 14.9 Å². The number of aromatic nitrogens is 2. The molecule has 4 rings (SSSR count). The van der Waals surface area contributed by atoms with Crippen molar-refractivity contribution in [2.75, 3.05) is 24.5 Å². The second-order valence-corrected chi connectivity index (χ2v) is 8.27. The quantitative estimate of drug-likeness (QED) is 0.867. The molecular weight excluding hydrogens is 350 g/mol. The summed E-state index contributed by atoms with van der Waals surface area (Å²) in [6, 6.07) is 4.60. The van der Waals surface area contributed by atoms with Gasteiger partial charge in [-0.2, -0.15) is 0 Å². The first kappa shape index (κ1) is 18.9. The smallest absolute Gasteiger partial charge is 0.292 e. The third-order valence-corrected chi connectivity index (χ3v) is 6.08. The van der Waals surface area contributed by atoms with Gasteiger partial charge in [-0.25, -0.2) is 9.97 Å². The fourth-order valence-electron chi connectivity index (χ4n) is 4.37. The lowest BCUT2D eigenvalue weighted by atomic mass is 9.93. The van der Waals surface area contributed by atoms with Crippen LogP contribution in [0.2, 0.25) is 0 Å². The molecule has 3 heterocycles. The highest BCUT2D eigenvalue weighted by atomic mass is 16.2. The molecule has 0 bridgehead atoms. The largest absolute Gasteiger partial charge is 0.355 e. The molecule has 0 aliphatic carbocycles. The number of aryl methyl sites for hydroxylation is 3. The summed E-state index contributed by atoms with van der Waals surface area (Å²) in [5.74, 6) is 1.07. The minimum atomic E-state index is -0.0847. The standard InChI is InChI=1S/C22H29N5O/c1-13-9-14(2)19-12-27(7-5-17(19)10-13)22(28)20-24-16(4)15(3)21(25-20)26-8-6-18(23)11-26/h9-10,18H,5-8,11-12,23H2,1-4H3/t18-/m1/s1. The van der Waals surface area contributed by atoms with Crippen molar-refractivity contribution >= 4 is 11.7 Å². The number of rotatable bonds is 2. The summed E-state index contributed by atoms with van der Waals surface area (Å²) in [5, 5.41) is 0. The molecule has 0 unspecified atom stereocenters. The lowest BCUT2D eigenvalue weighted by Crippen LogP contribution is -2.38. The number of amides is 1. The van der Waals surface area contributed by atoms with E-state index < -0.39 is 0 Å². The van der Waals surface area contributed by atoms with Gasteiger partial charge in [0.2, 0.25) is 5.82 Å². The number of nitrogens with zero attached hydrogens (tertiary/aromatic N) is 4. The summed E-state index contributed by atoms with van der Waals surface area (Å²) in [6.07, 6.45) is 1.83. The first-order valence-electron chi connectivity index (χ1n) is 10.1. The van der Waals surface area contributed by atoms with Crippen molar-refractivity contribution in [3.8, 4) is 0 Å². The highest BCUT2D eigenvalue weighted by molar-refractivity contribution is 5.91. The third-order valence-electron chi connectivity index (χ3n) is 6.08. The van der Waals surface area contributed by atoms with Gasteiger partial charge in [0.25, 0.3) is 5.91 Å². The van der Waals surface area contributed by atoms with Crippen LogP contribution in [0.3, 0.4) is 0 Å². The Morgan fingerprint density at radius 2 is 1.93 bits per heavy atom. The molecule has 1 saturated heterocycles. The van der Waals surface area contributed by atoms with E-state index in [1.807, 2.05) is 18.7 Å². The van der Waals surface area contributed by atoms with Gasteiger partial charge in [0.05, 0.1) is 0 Å². The van der Waals surface area contributed by atoms with Crippen LogP contribution in [-0.2, 0) is 13.0 Å². The SMILES string of the molecule is Cc1cc(C)c2c(c1)CCN(C(=O)c1nc(C)c(C)c(N3CC[C@@H](N)C3)n1)C2. The molecule has 1 aromatic carbocycles. The summed E-state index contributed by atoms with van der Waals surface area (Å²) in [6.45, 7) is 11.2. The molecule has 0 saturated carbocycles. The predicted molar refractivity (Wildman–Crippen MR) is 111 cm³/mol. The van der Waals surface area contributed by atoms with E-state index >= 15 is 0 Å². The van der Waals surface area contributed by atoms with E-state index in [1.54, 1.807) is 0 Å². The molecule has 1 atom stereocenters. The van der Waals surface area contributed by atoms with Gasteiger partial charge in [-0.15, -0.1) is 0 Å². The maximum atomic E-state index is 13.2. The molecule has 2 aromatic rings. The van der Waals surface area contributed by atoms with Gasteiger partial charge in [0.15, 0.2) is 0 Å². The molecule has 2 aliphatic heterocycles. The minimum absolute atomic E-state index is 0.0847. The number of carbonyl (C=O) groups excluding carboxylic acids is 1. The second-order valence-electron chi connectivity index (χ2n) is 8.27. The maximum Gasteiger partial charge on any atom is 0.292 e. The Balaban J connectivity index is 1.62. The topological polar surface area (TPSA) is 75.4 Å². The van der Waals surface area contributed by atoms with Crippen molar-refractivity contribution in [2.45, 2.75) is 53.1 Å². The Labute approximate surface area is 166 Å². The minimum Gasteiger partial charge on any atom is -0.355 e. The van der Waals surface area contributed by atoms with Crippen LogP contribution in [0.4, 0.5) is 5.82 Å². The molecule has 0 spiro atoms. The van der Waals surface area contributed by atoms with Crippen LogP contribution in [0.25, 0.3) is 0 Å². The van der Waals surface area contributed by atoms with Crippen LogP contribution in [0.15, 0.2) is 12.1 Å². The normalized spacial score (nSPS) is 19.1. The molecule has 0 radical (unpaired) electrons. The first-order chi connectivity index (χ1) is 13.3. The van der Waals surface area contributed by atoms with Gasteiger partial charge in [-0.05, 0) is 57.2 Å². The number of carbonyl (C=O) groups is 1. The zero-order valence-electron chi connectivity index (χ0n) is 17.2. The number of nitrogens with two attached hydrogens (primary N) is 1. The Morgan fingerprint density at radius 3 is 2.64 bits per heavy atom. The molecule has 148 valence electrons. The maximum absolute atomic E-state index is 13.2. The van der Waals surface area contributed by atoms with Gasteiger partial charge in [0.1, 0.15) is 5.82 Å². The van der Waals surface area contributed by atoms with Crippen molar-refractivity contribution in [2.24, 2.45) is 5.73 Å². The monoisotopic (exact) mass is 379 g/mol. The molecule has 6 heteroatoms. The summed E-state index contributed by atoms with van der Waals surface area (Å²) in [7, 11) is 0. The molecule has 1 aromatic heterocycles. The third kappa shape index (κ3) is 3.37. The summed E-state index contributed by atoms with van der Waals surface area (Å²) < 4.78 is 0. The highest BCUT2D eigenvalue weighted by Gasteiger charge is 2.28. The number of fused-ring (bicyclic) bond motifs is 1. The van der Waals surface area contributed by atoms with Crippen molar-refractivity contribution in [3.63, 3.8) is 0 Å². The molecule has 2 aliphatic rings. The molecule has 1 fully saturated rings. The second kappa shape index (κ2) is 7.17. The Bertz CT molecular complexity index is 939. The Kier molecular flexibility index (Phi) is 4.83. The number of hydrogen-bond donors (Lipinski definition) is 1. The lowest BCUT2D eigenvalue weighted by Gasteiger charge is -2.30. The van der Waals surface area contributed by atoms with Crippen LogP contribution < -0.4 is 10.6 Å². The van der Waals surface area contributed by atoms with Crippen LogP contribution in [0, 0.1) is 27.7 Å². The first-order valence-corrected chi connectivity index (χ1v) is 10.1. The van der Waals surface area contributed by atoms with Crippen LogP contribution in [-0.4, -0.2) is 46.5 Å². The van der Waals surface area contributed by atoms with E-state index in [0.717, 1.165) is 43.0 Å². The Hall–Kier alpha value is -2.47. The van der Waals surface area contributed by atoms with Crippen molar-refractivity contribution < 1.29 is 4.79 Å². The summed E-state index contributed by atoms with van der Waals surface area (Å²) in [4.78, 5) is 26.5. The van der Waals surface area contributed by atoms with Crippen LogP contribution >= 0.6 is 0 Å². The zero-order valence-corrected chi connectivity index (χ0v) is 17.2. The van der Waals surface area contributed by atoms with Crippen molar-refractivity contribution in [3.05, 3.63) is 51.5 Å². The number of anilines is 1. The van der Waals surface area contributed by atoms with Gasteiger partial charge < -0.3 is 15.5 Å². The van der Waals surface area contributed by atoms with E-state index in [2.05, 4.69) is 40.8 Å².